The predicted octanol–water partition coefficient (Wildman–Crippen LogP) is 1.95. The summed E-state index contributed by atoms with van der Waals surface area (Å²) in [6.45, 7) is -0.0564. The summed E-state index contributed by atoms with van der Waals surface area (Å²) in [6, 6.07) is 16.1. The highest BCUT2D eigenvalue weighted by Crippen LogP contribution is 2.21. The minimum absolute atomic E-state index is 0.0564. The zero-order valence-electron chi connectivity index (χ0n) is 11.6. The Morgan fingerprint density at radius 2 is 1.71 bits per heavy atom. The fourth-order valence-corrected chi connectivity index (χ4v) is 1.68. The minimum Gasteiger partial charge on any atom is -0.457 e. The molecule has 21 heavy (non-hydrogen) atoms. The number of hydrogen-bond acceptors (Lipinski definition) is 3. The maximum Gasteiger partial charge on any atom is 0.251 e. The Morgan fingerprint density at radius 1 is 1.00 bits per heavy atom. The molecule has 0 aliphatic carbocycles. The molecule has 0 spiro atoms. The highest BCUT2D eigenvalue weighted by molar-refractivity contribution is 5.96. The summed E-state index contributed by atoms with van der Waals surface area (Å²) >= 11 is 0. The lowest BCUT2D eigenvalue weighted by Crippen LogP contribution is -2.35. The summed E-state index contributed by atoms with van der Waals surface area (Å²) in [5.41, 5.74) is 0.437. The Bertz CT molecular complexity index is 626. The van der Waals surface area contributed by atoms with Crippen molar-refractivity contribution in [3.63, 3.8) is 0 Å². The van der Waals surface area contributed by atoms with E-state index < -0.39 is 0 Å². The van der Waals surface area contributed by atoms with Crippen molar-refractivity contribution in [1.29, 1.82) is 0 Å². The second-order valence-electron chi connectivity index (χ2n) is 4.30. The second kappa shape index (κ2) is 7.09. The van der Waals surface area contributed by atoms with E-state index in [1.165, 1.54) is 7.05 Å². The molecule has 0 aromatic heterocycles. The van der Waals surface area contributed by atoms with Crippen molar-refractivity contribution in [3.05, 3.63) is 60.2 Å². The van der Waals surface area contributed by atoms with Gasteiger partial charge in [0.1, 0.15) is 11.5 Å². The monoisotopic (exact) mass is 284 g/mol. The number of carbonyl (C=O) groups is 2. The van der Waals surface area contributed by atoms with Gasteiger partial charge < -0.3 is 15.4 Å². The van der Waals surface area contributed by atoms with Crippen LogP contribution in [0.3, 0.4) is 0 Å². The zero-order chi connectivity index (χ0) is 15.1. The zero-order valence-corrected chi connectivity index (χ0v) is 11.6. The van der Waals surface area contributed by atoms with Crippen molar-refractivity contribution >= 4 is 11.8 Å². The molecule has 0 fully saturated rings. The molecule has 0 bridgehead atoms. The van der Waals surface area contributed by atoms with E-state index in [2.05, 4.69) is 10.6 Å². The molecule has 2 N–H and O–H groups in total. The summed E-state index contributed by atoms with van der Waals surface area (Å²) < 4.78 is 5.66. The van der Waals surface area contributed by atoms with E-state index in [0.29, 0.717) is 17.1 Å². The lowest BCUT2D eigenvalue weighted by atomic mass is 10.2. The first-order valence-electron chi connectivity index (χ1n) is 6.51. The lowest BCUT2D eigenvalue weighted by Gasteiger charge is -2.08. The average molecular weight is 284 g/mol. The van der Waals surface area contributed by atoms with Gasteiger partial charge in [0.25, 0.3) is 5.91 Å². The number of nitrogens with one attached hydrogen (secondary N) is 2. The number of ether oxygens (including phenoxy) is 1. The molecule has 0 unspecified atom stereocenters. The Hall–Kier alpha value is -2.82. The molecule has 108 valence electrons. The van der Waals surface area contributed by atoms with Crippen LogP contribution >= 0.6 is 0 Å². The van der Waals surface area contributed by atoms with Crippen LogP contribution in [0.25, 0.3) is 0 Å². The number of likely N-dealkylation sites (N-methyl/N-ethyl adjacent to an activating group) is 1. The van der Waals surface area contributed by atoms with Crippen LogP contribution in [-0.2, 0) is 4.79 Å². The Kier molecular flexibility index (Phi) is 4.93. The molecular weight excluding hydrogens is 268 g/mol. The van der Waals surface area contributed by atoms with Gasteiger partial charge in [-0.15, -0.1) is 0 Å². The van der Waals surface area contributed by atoms with Crippen molar-refractivity contribution in [1.82, 2.24) is 10.6 Å². The van der Waals surface area contributed by atoms with Crippen LogP contribution in [0.15, 0.2) is 54.6 Å². The summed E-state index contributed by atoms with van der Waals surface area (Å²) in [4.78, 5) is 23.0. The molecular formula is C16H16N2O3. The standard InChI is InChI=1S/C16H16N2O3/c1-17-15(19)11-18-16(20)12-6-5-9-14(10-12)21-13-7-3-2-4-8-13/h2-10H,11H2,1H3,(H,17,19)(H,18,20). The molecule has 0 atom stereocenters. The largest absolute Gasteiger partial charge is 0.457 e. The van der Waals surface area contributed by atoms with Gasteiger partial charge in [-0.25, -0.2) is 0 Å². The Morgan fingerprint density at radius 3 is 2.43 bits per heavy atom. The fraction of sp³-hybridized carbons (Fsp3) is 0.125. The number of benzene rings is 2. The summed E-state index contributed by atoms with van der Waals surface area (Å²) in [5.74, 6) is 0.686. The van der Waals surface area contributed by atoms with E-state index in [1.807, 2.05) is 30.3 Å². The van der Waals surface area contributed by atoms with Crippen LogP contribution in [0, 0.1) is 0 Å². The molecule has 0 aliphatic heterocycles. The SMILES string of the molecule is CNC(=O)CNC(=O)c1cccc(Oc2ccccc2)c1. The normalized spacial score (nSPS) is 9.76. The third-order valence-corrected chi connectivity index (χ3v) is 2.76. The quantitative estimate of drug-likeness (QED) is 0.882. The van der Waals surface area contributed by atoms with E-state index in [0.717, 1.165) is 0 Å². The summed E-state index contributed by atoms with van der Waals surface area (Å²) in [5, 5.41) is 4.97. The molecule has 2 aromatic rings. The van der Waals surface area contributed by atoms with E-state index >= 15 is 0 Å². The number of para-hydroxylation sites is 1. The maximum atomic E-state index is 11.9. The molecule has 0 heterocycles. The van der Waals surface area contributed by atoms with E-state index in [-0.39, 0.29) is 18.4 Å². The number of amides is 2. The second-order valence-corrected chi connectivity index (χ2v) is 4.30. The molecule has 2 rings (SSSR count). The van der Waals surface area contributed by atoms with Gasteiger partial charge in [-0.05, 0) is 30.3 Å². The average Bonchev–Trinajstić information content (AvgIpc) is 2.53. The first kappa shape index (κ1) is 14.6. The predicted molar refractivity (Wildman–Crippen MR) is 79.4 cm³/mol. The third kappa shape index (κ3) is 4.35. The van der Waals surface area contributed by atoms with E-state index in [1.54, 1.807) is 24.3 Å². The van der Waals surface area contributed by atoms with Gasteiger partial charge in [0.15, 0.2) is 0 Å². The lowest BCUT2D eigenvalue weighted by molar-refractivity contribution is -0.119. The van der Waals surface area contributed by atoms with Gasteiger partial charge in [0.2, 0.25) is 5.91 Å². The molecule has 0 saturated heterocycles. The fourth-order valence-electron chi connectivity index (χ4n) is 1.68. The Labute approximate surface area is 122 Å². The van der Waals surface area contributed by atoms with Crippen molar-refractivity contribution in [2.75, 3.05) is 13.6 Å². The topological polar surface area (TPSA) is 67.4 Å². The molecule has 0 aliphatic rings. The molecule has 5 nitrogen and oxygen atoms in total. The highest BCUT2D eigenvalue weighted by Gasteiger charge is 2.08. The highest BCUT2D eigenvalue weighted by atomic mass is 16.5. The number of carbonyl (C=O) groups excluding carboxylic acids is 2. The summed E-state index contributed by atoms with van der Waals surface area (Å²) in [6.07, 6.45) is 0. The molecule has 2 aromatic carbocycles. The van der Waals surface area contributed by atoms with Crippen LogP contribution in [-0.4, -0.2) is 25.4 Å². The van der Waals surface area contributed by atoms with Crippen LogP contribution < -0.4 is 15.4 Å². The molecule has 0 saturated carbocycles. The van der Waals surface area contributed by atoms with Crippen LogP contribution in [0.4, 0.5) is 0 Å². The maximum absolute atomic E-state index is 11.9. The van der Waals surface area contributed by atoms with E-state index in [9.17, 15) is 9.59 Å². The van der Waals surface area contributed by atoms with Crippen molar-refractivity contribution in [2.24, 2.45) is 0 Å². The Balaban J connectivity index is 2.03. The minimum atomic E-state index is -0.322. The van der Waals surface area contributed by atoms with E-state index in [4.69, 9.17) is 4.74 Å². The van der Waals surface area contributed by atoms with Gasteiger partial charge in [-0.3, -0.25) is 9.59 Å². The third-order valence-electron chi connectivity index (χ3n) is 2.76. The van der Waals surface area contributed by atoms with Gasteiger partial charge in [0.05, 0.1) is 6.54 Å². The summed E-state index contributed by atoms with van der Waals surface area (Å²) in [7, 11) is 1.52. The number of hydrogen-bond donors (Lipinski definition) is 2. The molecule has 5 heteroatoms. The molecule has 2 amide bonds. The van der Waals surface area contributed by atoms with Crippen molar-refractivity contribution in [2.45, 2.75) is 0 Å². The van der Waals surface area contributed by atoms with Gasteiger partial charge in [-0.2, -0.15) is 0 Å². The van der Waals surface area contributed by atoms with Gasteiger partial charge >= 0.3 is 0 Å². The van der Waals surface area contributed by atoms with Crippen LogP contribution in [0.5, 0.6) is 11.5 Å². The first-order chi connectivity index (χ1) is 10.2. The van der Waals surface area contributed by atoms with Crippen molar-refractivity contribution < 1.29 is 14.3 Å². The van der Waals surface area contributed by atoms with Crippen molar-refractivity contribution in [3.8, 4) is 11.5 Å². The molecule has 0 radical (unpaired) electrons. The van der Waals surface area contributed by atoms with Gasteiger partial charge in [0, 0.05) is 12.6 Å². The van der Waals surface area contributed by atoms with Gasteiger partial charge in [-0.1, -0.05) is 24.3 Å². The number of rotatable bonds is 5. The smallest absolute Gasteiger partial charge is 0.251 e. The first-order valence-corrected chi connectivity index (χ1v) is 6.51. The van der Waals surface area contributed by atoms with Crippen LogP contribution in [0.2, 0.25) is 0 Å². The van der Waals surface area contributed by atoms with Crippen LogP contribution in [0.1, 0.15) is 10.4 Å².